The maximum absolute atomic E-state index is 13.4. The van der Waals surface area contributed by atoms with Gasteiger partial charge in [0.1, 0.15) is 17.4 Å². The molecule has 1 aliphatic rings. The Morgan fingerprint density at radius 2 is 1.49 bits per heavy atom. The third-order valence-corrected chi connectivity index (χ3v) is 5.94. The SMILES string of the molecule is COc1ccc(C2/C(=C(/O)c3ccc(F)cc3)C(=O)C(=O)N2CCc2ccc(F)cc2)cc1OC. The van der Waals surface area contributed by atoms with Crippen LogP contribution >= 0.6 is 0 Å². The molecule has 0 saturated carbocycles. The molecule has 4 rings (SSSR count). The molecule has 35 heavy (non-hydrogen) atoms. The van der Waals surface area contributed by atoms with E-state index in [1.807, 2.05) is 0 Å². The van der Waals surface area contributed by atoms with Crippen LogP contribution in [0.3, 0.4) is 0 Å². The average molecular weight is 479 g/mol. The van der Waals surface area contributed by atoms with Crippen LogP contribution in [0.4, 0.5) is 8.78 Å². The fraction of sp³-hybridized carbons (Fsp3) is 0.185. The Balaban J connectivity index is 1.81. The monoisotopic (exact) mass is 479 g/mol. The molecule has 6 nitrogen and oxygen atoms in total. The number of Topliss-reactive ketones (excluding diaryl/α,β-unsaturated/α-hetero) is 1. The lowest BCUT2D eigenvalue weighted by Gasteiger charge is -2.26. The average Bonchev–Trinajstić information content (AvgIpc) is 3.12. The number of ketones is 1. The topological polar surface area (TPSA) is 76.1 Å². The predicted octanol–water partition coefficient (Wildman–Crippen LogP) is 4.65. The molecule has 1 amide bonds. The number of methoxy groups -OCH3 is 2. The minimum Gasteiger partial charge on any atom is -0.507 e. The molecule has 8 heteroatoms. The van der Waals surface area contributed by atoms with Crippen molar-refractivity contribution in [3.8, 4) is 11.5 Å². The summed E-state index contributed by atoms with van der Waals surface area (Å²) < 4.78 is 37.4. The number of carbonyl (C=O) groups excluding carboxylic acids is 2. The summed E-state index contributed by atoms with van der Waals surface area (Å²) in [6, 6.07) is 14.9. The second-order valence-corrected chi connectivity index (χ2v) is 7.99. The summed E-state index contributed by atoms with van der Waals surface area (Å²) in [5.74, 6) is -2.08. The molecular weight excluding hydrogens is 456 g/mol. The van der Waals surface area contributed by atoms with Gasteiger partial charge in [0.2, 0.25) is 0 Å². The van der Waals surface area contributed by atoms with E-state index in [0.717, 1.165) is 17.7 Å². The zero-order chi connectivity index (χ0) is 25.1. The Morgan fingerprint density at radius 3 is 2.09 bits per heavy atom. The molecule has 1 saturated heterocycles. The Kier molecular flexibility index (Phi) is 6.82. The maximum Gasteiger partial charge on any atom is 0.295 e. The first kappa shape index (κ1) is 23.9. The number of ether oxygens (including phenoxy) is 2. The maximum atomic E-state index is 13.4. The van der Waals surface area contributed by atoms with Gasteiger partial charge in [0.05, 0.1) is 25.8 Å². The van der Waals surface area contributed by atoms with Crippen molar-refractivity contribution in [3.63, 3.8) is 0 Å². The third kappa shape index (κ3) is 4.73. The summed E-state index contributed by atoms with van der Waals surface area (Å²) in [4.78, 5) is 27.6. The van der Waals surface area contributed by atoms with Crippen LogP contribution < -0.4 is 9.47 Å². The van der Waals surface area contributed by atoms with E-state index < -0.39 is 29.3 Å². The van der Waals surface area contributed by atoms with Crippen molar-refractivity contribution in [3.05, 3.63) is 101 Å². The van der Waals surface area contributed by atoms with Crippen LogP contribution in [0, 0.1) is 11.6 Å². The van der Waals surface area contributed by atoms with Crippen molar-refractivity contribution in [2.75, 3.05) is 20.8 Å². The van der Waals surface area contributed by atoms with Crippen molar-refractivity contribution in [1.82, 2.24) is 4.90 Å². The van der Waals surface area contributed by atoms with Crippen LogP contribution in [0.15, 0.2) is 72.3 Å². The van der Waals surface area contributed by atoms with Gasteiger partial charge in [-0.15, -0.1) is 0 Å². The second kappa shape index (κ2) is 9.97. The molecule has 1 aliphatic heterocycles. The summed E-state index contributed by atoms with van der Waals surface area (Å²) in [5.41, 5.74) is 1.38. The molecule has 1 unspecified atom stereocenters. The molecule has 1 atom stereocenters. The van der Waals surface area contributed by atoms with Gasteiger partial charge in [0.25, 0.3) is 11.7 Å². The fourth-order valence-corrected chi connectivity index (χ4v) is 4.14. The van der Waals surface area contributed by atoms with Gasteiger partial charge in [-0.3, -0.25) is 9.59 Å². The van der Waals surface area contributed by atoms with E-state index in [1.165, 1.54) is 43.4 Å². The summed E-state index contributed by atoms with van der Waals surface area (Å²) >= 11 is 0. The minimum absolute atomic E-state index is 0.118. The van der Waals surface area contributed by atoms with Gasteiger partial charge in [-0.1, -0.05) is 18.2 Å². The third-order valence-electron chi connectivity index (χ3n) is 5.94. The second-order valence-electron chi connectivity index (χ2n) is 7.99. The van der Waals surface area contributed by atoms with Gasteiger partial charge < -0.3 is 19.5 Å². The van der Waals surface area contributed by atoms with Crippen molar-refractivity contribution >= 4 is 17.4 Å². The van der Waals surface area contributed by atoms with Gasteiger partial charge in [-0.05, 0) is 66.1 Å². The molecule has 1 heterocycles. The first-order chi connectivity index (χ1) is 16.8. The highest BCUT2D eigenvalue weighted by Gasteiger charge is 2.46. The number of nitrogens with zero attached hydrogens (tertiary/aromatic N) is 1. The van der Waals surface area contributed by atoms with Gasteiger partial charge in [-0.2, -0.15) is 0 Å². The summed E-state index contributed by atoms with van der Waals surface area (Å²) in [6.45, 7) is 0.134. The molecule has 0 bridgehead atoms. The number of rotatable bonds is 7. The van der Waals surface area contributed by atoms with E-state index in [1.54, 1.807) is 30.3 Å². The smallest absolute Gasteiger partial charge is 0.295 e. The number of likely N-dealkylation sites (tertiary alicyclic amines) is 1. The highest BCUT2D eigenvalue weighted by atomic mass is 19.1. The highest BCUT2D eigenvalue weighted by Crippen LogP contribution is 2.42. The van der Waals surface area contributed by atoms with E-state index in [9.17, 15) is 23.5 Å². The van der Waals surface area contributed by atoms with Crippen LogP contribution in [0.1, 0.15) is 22.7 Å². The first-order valence-corrected chi connectivity index (χ1v) is 10.8. The Labute approximate surface area is 201 Å². The summed E-state index contributed by atoms with van der Waals surface area (Å²) in [7, 11) is 2.95. The quantitative estimate of drug-likeness (QED) is 0.303. The lowest BCUT2D eigenvalue weighted by Crippen LogP contribution is -2.31. The molecule has 0 spiro atoms. The molecule has 0 aliphatic carbocycles. The van der Waals surface area contributed by atoms with Crippen LogP contribution in [0.2, 0.25) is 0 Å². The van der Waals surface area contributed by atoms with Gasteiger partial charge in [0.15, 0.2) is 11.5 Å². The molecular formula is C27H23F2NO5. The molecule has 3 aromatic carbocycles. The molecule has 1 N–H and O–H groups in total. The number of benzene rings is 3. The molecule has 0 radical (unpaired) electrons. The van der Waals surface area contributed by atoms with Gasteiger partial charge in [-0.25, -0.2) is 8.78 Å². The Bertz CT molecular complexity index is 1290. The lowest BCUT2D eigenvalue weighted by molar-refractivity contribution is -0.139. The van der Waals surface area contributed by atoms with Crippen LogP contribution in [-0.2, 0) is 16.0 Å². The lowest BCUT2D eigenvalue weighted by atomic mass is 9.94. The van der Waals surface area contributed by atoms with Crippen molar-refractivity contribution in [1.29, 1.82) is 0 Å². The van der Waals surface area contributed by atoms with E-state index >= 15 is 0 Å². The minimum atomic E-state index is -0.930. The van der Waals surface area contributed by atoms with Gasteiger partial charge >= 0.3 is 0 Å². The molecule has 180 valence electrons. The van der Waals surface area contributed by atoms with E-state index in [2.05, 4.69) is 0 Å². The number of hydrogen-bond acceptors (Lipinski definition) is 5. The van der Waals surface area contributed by atoms with Crippen LogP contribution in [0.25, 0.3) is 5.76 Å². The van der Waals surface area contributed by atoms with E-state index in [4.69, 9.17) is 9.47 Å². The standard InChI is InChI=1S/C27H23F2NO5/c1-34-21-12-7-18(15-22(21)35-2)24-23(25(31)17-5-10-20(29)11-6-17)26(32)27(33)30(24)14-13-16-3-8-19(28)9-4-16/h3-12,15,24,31H,13-14H2,1-2H3/b25-23-. The zero-order valence-corrected chi connectivity index (χ0v) is 19.1. The molecule has 1 fully saturated rings. The number of hydrogen-bond donors (Lipinski definition) is 1. The first-order valence-electron chi connectivity index (χ1n) is 10.8. The molecule has 3 aromatic rings. The largest absolute Gasteiger partial charge is 0.507 e. The van der Waals surface area contributed by atoms with Gasteiger partial charge in [0, 0.05) is 12.1 Å². The van der Waals surface area contributed by atoms with Crippen molar-refractivity contribution in [2.45, 2.75) is 12.5 Å². The Morgan fingerprint density at radius 1 is 0.886 bits per heavy atom. The van der Waals surface area contributed by atoms with Crippen molar-refractivity contribution < 1.29 is 33.0 Å². The normalized spacial score (nSPS) is 17.0. The number of amides is 1. The van der Waals surface area contributed by atoms with Crippen LogP contribution in [0.5, 0.6) is 11.5 Å². The highest BCUT2D eigenvalue weighted by molar-refractivity contribution is 6.46. The summed E-state index contributed by atoms with van der Waals surface area (Å²) in [5, 5.41) is 11.1. The number of aliphatic hydroxyl groups excluding tert-OH is 1. The van der Waals surface area contributed by atoms with E-state index in [-0.39, 0.29) is 23.5 Å². The van der Waals surface area contributed by atoms with Crippen molar-refractivity contribution in [2.24, 2.45) is 0 Å². The number of aliphatic hydroxyl groups is 1. The predicted molar refractivity (Wildman–Crippen MR) is 125 cm³/mol. The molecule has 0 aromatic heterocycles. The number of halogens is 2. The Hall–Kier alpha value is -4.20. The fourth-order valence-electron chi connectivity index (χ4n) is 4.14. The summed E-state index contributed by atoms with van der Waals surface area (Å²) in [6.07, 6.45) is 0.355. The number of carbonyl (C=O) groups is 2. The zero-order valence-electron chi connectivity index (χ0n) is 19.1. The van der Waals surface area contributed by atoms with Crippen LogP contribution in [-0.4, -0.2) is 42.5 Å². The van der Waals surface area contributed by atoms with E-state index in [0.29, 0.717) is 23.5 Å².